The van der Waals surface area contributed by atoms with Gasteiger partial charge in [0.2, 0.25) is 15.9 Å². The van der Waals surface area contributed by atoms with Crippen LogP contribution >= 0.6 is 0 Å². The van der Waals surface area contributed by atoms with Crippen molar-refractivity contribution in [2.24, 2.45) is 5.92 Å². The van der Waals surface area contributed by atoms with Gasteiger partial charge in [-0.25, -0.2) is 13.1 Å². The van der Waals surface area contributed by atoms with Gasteiger partial charge in [-0.3, -0.25) is 4.79 Å². The maximum absolute atomic E-state index is 12.4. The Kier molecular flexibility index (Phi) is 6.40. The predicted octanol–water partition coefficient (Wildman–Crippen LogP) is 2.45. The van der Waals surface area contributed by atoms with E-state index >= 15 is 0 Å². The van der Waals surface area contributed by atoms with Crippen molar-refractivity contribution in [1.29, 1.82) is 0 Å². The Labute approximate surface area is 145 Å². The fourth-order valence-electron chi connectivity index (χ4n) is 3.00. The Morgan fingerprint density at radius 2 is 1.88 bits per heavy atom. The molecule has 0 spiro atoms. The van der Waals surface area contributed by atoms with Gasteiger partial charge in [0.1, 0.15) is 0 Å². The van der Waals surface area contributed by atoms with E-state index in [1.807, 2.05) is 49.9 Å². The monoisotopic (exact) mass is 352 g/mol. The number of carbonyl (C=O) groups excluding carboxylic acids is 1. The molecule has 1 heterocycles. The third kappa shape index (κ3) is 5.60. The molecule has 2 rings (SSSR count). The molecule has 1 aromatic carbocycles. The van der Waals surface area contributed by atoms with Gasteiger partial charge in [-0.1, -0.05) is 38.1 Å². The normalized spacial score (nSPS) is 16.6. The molecule has 1 N–H and O–H groups in total. The second-order valence-electron chi connectivity index (χ2n) is 7.06. The third-order valence-electron chi connectivity index (χ3n) is 4.38. The smallest absolute Gasteiger partial charge is 0.222 e. The Bertz CT molecular complexity index is 663. The van der Waals surface area contributed by atoms with E-state index in [0.29, 0.717) is 38.3 Å². The number of nitrogens with zero attached hydrogens (tertiary/aromatic N) is 1. The van der Waals surface area contributed by atoms with Gasteiger partial charge in [0.25, 0.3) is 0 Å². The van der Waals surface area contributed by atoms with E-state index in [0.717, 1.165) is 11.1 Å². The first-order chi connectivity index (χ1) is 11.3. The highest BCUT2D eigenvalue weighted by atomic mass is 32.2. The lowest BCUT2D eigenvalue weighted by Gasteiger charge is -2.32. The second kappa shape index (κ2) is 8.12. The molecule has 134 valence electrons. The second-order valence-corrected chi connectivity index (χ2v) is 8.81. The molecule has 1 amide bonds. The molecule has 0 unspecified atom stereocenters. The first kappa shape index (κ1) is 18.9. The van der Waals surface area contributed by atoms with Crippen molar-refractivity contribution in [3.05, 3.63) is 35.4 Å². The van der Waals surface area contributed by atoms with E-state index in [4.69, 9.17) is 0 Å². The molecule has 5 nitrogen and oxygen atoms in total. The Morgan fingerprint density at radius 3 is 2.46 bits per heavy atom. The Balaban J connectivity index is 1.87. The number of rotatable bonds is 6. The molecule has 24 heavy (non-hydrogen) atoms. The van der Waals surface area contributed by atoms with Crippen LogP contribution in [0.2, 0.25) is 0 Å². The molecule has 1 saturated heterocycles. The maximum atomic E-state index is 12.4. The van der Waals surface area contributed by atoms with Gasteiger partial charge in [0.05, 0.1) is 5.75 Å². The summed E-state index contributed by atoms with van der Waals surface area (Å²) in [5.41, 5.74) is 1.81. The predicted molar refractivity (Wildman–Crippen MR) is 96.0 cm³/mol. The van der Waals surface area contributed by atoms with Gasteiger partial charge in [0, 0.05) is 25.6 Å². The van der Waals surface area contributed by atoms with E-state index < -0.39 is 10.0 Å². The van der Waals surface area contributed by atoms with Crippen LogP contribution in [0.3, 0.4) is 0 Å². The molecule has 1 fully saturated rings. The van der Waals surface area contributed by atoms with Crippen LogP contribution in [0, 0.1) is 12.8 Å². The van der Waals surface area contributed by atoms with E-state index in [9.17, 15) is 13.2 Å². The summed E-state index contributed by atoms with van der Waals surface area (Å²) in [6.45, 7) is 7.24. The minimum absolute atomic E-state index is 0.00612. The number of aryl methyl sites for hydroxylation is 1. The molecular formula is C18H28N2O3S. The fourth-order valence-corrected chi connectivity index (χ4v) is 4.56. The van der Waals surface area contributed by atoms with E-state index in [1.54, 1.807) is 0 Å². The molecule has 1 aliphatic rings. The van der Waals surface area contributed by atoms with Crippen molar-refractivity contribution in [3.63, 3.8) is 0 Å². The molecule has 0 saturated carbocycles. The van der Waals surface area contributed by atoms with Gasteiger partial charge in [0.15, 0.2) is 0 Å². The number of nitrogens with one attached hydrogen (secondary N) is 1. The van der Waals surface area contributed by atoms with Crippen LogP contribution in [0.15, 0.2) is 24.3 Å². The zero-order chi connectivity index (χ0) is 17.7. The number of piperidine rings is 1. The molecule has 0 atom stereocenters. The summed E-state index contributed by atoms with van der Waals surface area (Å²) in [5.74, 6) is 0.528. The average molecular weight is 353 g/mol. The fraction of sp³-hybridized carbons (Fsp3) is 0.611. The van der Waals surface area contributed by atoms with Crippen molar-refractivity contribution in [2.75, 3.05) is 13.1 Å². The van der Waals surface area contributed by atoms with Gasteiger partial charge < -0.3 is 4.90 Å². The quantitative estimate of drug-likeness (QED) is 0.855. The van der Waals surface area contributed by atoms with E-state index in [2.05, 4.69) is 4.72 Å². The van der Waals surface area contributed by atoms with Gasteiger partial charge >= 0.3 is 0 Å². The number of hydrogen-bond acceptors (Lipinski definition) is 3. The minimum Gasteiger partial charge on any atom is -0.343 e. The number of amides is 1. The zero-order valence-electron chi connectivity index (χ0n) is 14.8. The molecule has 6 heteroatoms. The number of carbonyl (C=O) groups is 1. The largest absolute Gasteiger partial charge is 0.343 e. The van der Waals surface area contributed by atoms with Crippen LogP contribution in [0.25, 0.3) is 0 Å². The average Bonchev–Trinajstić information content (AvgIpc) is 2.49. The first-order valence-electron chi connectivity index (χ1n) is 8.59. The lowest BCUT2D eigenvalue weighted by molar-refractivity contribution is -0.133. The first-order valence-corrected chi connectivity index (χ1v) is 10.2. The van der Waals surface area contributed by atoms with Gasteiger partial charge in [-0.05, 0) is 36.8 Å². The standard InChI is InChI=1S/C18H28N2O3S/c1-14(2)12-18(21)20-10-8-17(9-11-20)19-24(22,23)13-16-7-5-4-6-15(16)3/h4-7,14,17,19H,8-13H2,1-3H3. The van der Waals surface area contributed by atoms with Crippen LogP contribution in [-0.4, -0.2) is 38.4 Å². The summed E-state index contributed by atoms with van der Waals surface area (Å²) in [7, 11) is -3.37. The van der Waals surface area contributed by atoms with Crippen LogP contribution < -0.4 is 4.72 Å². The third-order valence-corrected chi connectivity index (χ3v) is 5.77. The molecule has 0 radical (unpaired) electrons. The molecule has 0 aromatic heterocycles. The van der Waals surface area contributed by atoms with Crippen LogP contribution in [0.4, 0.5) is 0 Å². The summed E-state index contributed by atoms with van der Waals surface area (Å²) in [6.07, 6.45) is 1.91. The Hall–Kier alpha value is -1.40. The summed E-state index contributed by atoms with van der Waals surface area (Å²) in [6, 6.07) is 7.45. The maximum Gasteiger partial charge on any atom is 0.222 e. The summed E-state index contributed by atoms with van der Waals surface area (Å²) >= 11 is 0. The lowest BCUT2D eigenvalue weighted by Crippen LogP contribution is -2.46. The van der Waals surface area contributed by atoms with Crippen molar-refractivity contribution in [1.82, 2.24) is 9.62 Å². The number of hydrogen-bond donors (Lipinski definition) is 1. The molecule has 0 aliphatic carbocycles. The highest BCUT2D eigenvalue weighted by molar-refractivity contribution is 7.88. The number of likely N-dealkylation sites (tertiary alicyclic amines) is 1. The van der Waals surface area contributed by atoms with E-state index in [-0.39, 0.29) is 17.7 Å². The van der Waals surface area contributed by atoms with Crippen molar-refractivity contribution in [2.45, 2.75) is 51.8 Å². The van der Waals surface area contributed by atoms with E-state index in [1.165, 1.54) is 0 Å². The lowest BCUT2D eigenvalue weighted by atomic mass is 10.0. The van der Waals surface area contributed by atoms with Crippen LogP contribution in [-0.2, 0) is 20.6 Å². The minimum atomic E-state index is -3.37. The van der Waals surface area contributed by atoms with Crippen LogP contribution in [0.5, 0.6) is 0 Å². The van der Waals surface area contributed by atoms with Gasteiger partial charge in [-0.15, -0.1) is 0 Å². The summed E-state index contributed by atoms with van der Waals surface area (Å²) in [5, 5.41) is 0. The van der Waals surface area contributed by atoms with Crippen LogP contribution in [0.1, 0.15) is 44.2 Å². The van der Waals surface area contributed by atoms with Gasteiger partial charge in [-0.2, -0.15) is 0 Å². The molecular weight excluding hydrogens is 324 g/mol. The highest BCUT2D eigenvalue weighted by Crippen LogP contribution is 2.16. The number of benzene rings is 1. The molecule has 1 aliphatic heterocycles. The topological polar surface area (TPSA) is 66.5 Å². The van der Waals surface area contributed by atoms with Crippen molar-refractivity contribution in [3.8, 4) is 0 Å². The zero-order valence-corrected chi connectivity index (χ0v) is 15.6. The van der Waals surface area contributed by atoms with Crippen molar-refractivity contribution < 1.29 is 13.2 Å². The summed E-state index contributed by atoms with van der Waals surface area (Å²) < 4.78 is 27.6. The SMILES string of the molecule is Cc1ccccc1CS(=O)(=O)NC1CCN(C(=O)CC(C)C)CC1. The Morgan fingerprint density at radius 1 is 1.25 bits per heavy atom. The highest BCUT2D eigenvalue weighted by Gasteiger charge is 2.26. The molecule has 0 bridgehead atoms. The number of sulfonamides is 1. The summed E-state index contributed by atoms with van der Waals surface area (Å²) in [4.78, 5) is 13.9. The van der Waals surface area contributed by atoms with Crippen molar-refractivity contribution >= 4 is 15.9 Å². The molecule has 1 aromatic rings.